The molecule has 0 atom stereocenters. The third-order valence-corrected chi connectivity index (χ3v) is 2.37. The second-order valence-corrected chi connectivity index (χ2v) is 3.74. The van der Waals surface area contributed by atoms with Gasteiger partial charge in [0.05, 0.1) is 12.1 Å². The van der Waals surface area contributed by atoms with Gasteiger partial charge in [-0.2, -0.15) is 18.3 Å². The van der Waals surface area contributed by atoms with Crippen molar-refractivity contribution in [1.29, 1.82) is 0 Å². The van der Waals surface area contributed by atoms with Gasteiger partial charge in [0.2, 0.25) is 5.78 Å². The number of benzene rings is 1. The molecule has 0 unspecified atom stereocenters. The summed E-state index contributed by atoms with van der Waals surface area (Å²) in [6.45, 7) is 0. The Kier molecular flexibility index (Phi) is 3.18. The van der Waals surface area contributed by atoms with Crippen molar-refractivity contribution in [2.24, 2.45) is 0 Å². The number of hydrogen-bond acceptors (Lipinski definition) is 2. The van der Waals surface area contributed by atoms with Gasteiger partial charge in [0, 0.05) is 11.3 Å². The van der Waals surface area contributed by atoms with Crippen LogP contribution in [0.1, 0.15) is 5.69 Å². The average molecular weight is 254 g/mol. The largest absolute Gasteiger partial charge is 0.450 e. The Morgan fingerprint density at radius 1 is 1.22 bits per heavy atom. The zero-order valence-corrected chi connectivity index (χ0v) is 9.16. The number of ketones is 1. The Balaban J connectivity index is 2.15. The van der Waals surface area contributed by atoms with Gasteiger partial charge >= 0.3 is 6.18 Å². The highest BCUT2D eigenvalue weighted by Gasteiger charge is 2.38. The number of aromatic amines is 1. The topological polar surface area (TPSA) is 45.8 Å². The fraction of sp³-hybridized carbons (Fsp3) is 0.167. The van der Waals surface area contributed by atoms with Gasteiger partial charge in [-0.1, -0.05) is 30.3 Å². The maximum Gasteiger partial charge on any atom is 0.450 e. The zero-order valence-electron chi connectivity index (χ0n) is 9.16. The SMILES string of the molecule is O=C(Cc1cc(-c2ccccc2)n[nH]1)C(F)(F)F. The highest BCUT2D eigenvalue weighted by molar-refractivity contribution is 5.86. The fourth-order valence-electron chi connectivity index (χ4n) is 1.48. The molecule has 0 spiro atoms. The van der Waals surface area contributed by atoms with Crippen LogP contribution in [0, 0.1) is 0 Å². The quantitative estimate of drug-likeness (QED) is 0.915. The molecule has 1 aromatic carbocycles. The van der Waals surface area contributed by atoms with E-state index in [0.717, 1.165) is 5.56 Å². The van der Waals surface area contributed by atoms with Crippen LogP contribution in [-0.2, 0) is 11.2 Å². The number of halogens is 3. The number of Topliss-reactive ketones (excluding diaryl/α,β-unsaturated/α-hetero) is 1. The van der Waals surface area contributed by atoms with Crippen LogP contribution in [0.3, 0.4) is 0 Å². The molecule has 1 N–H and O–H groups in total. The molecule has 3 nitrogen and oxygen atoms in total. The van der Waals surface area contributed by atoms with E-state index in [2.05, 4.69) is 10.2 Å². The van der Waals surface area contributed by atoms with E-state index in [4.69, 9.17) is 0 Å². The Bertz CT molecular complexity index is 546. The number of carbonyl (C=O) groups is 1. The molecule has 6 heteroatoms. The van der Waals surface area contributed by atoms with Crippen molar-refractivity contribution in [1.82, 2.24) is 10.2 Å². The van der Waals surface area contributed by atoms with E-state index in [1.54, 1.807) is 24.3 Å². The summed E-state index contributed by atoms with van der Waals surface area (Å²) in [7, 11) is 0. The summed E-state index contributed by atoms with van der Waals surface area (Å²) in [6, 6.07) is 10.4. The first-order chi connectivity index (χ1) is 8.47. The lowest BCUT2D eigenvalue weighted by Gasteiger charge is -2.02. The molecule has 18 heavy (non-hydrogen) atoms. The van der Waals surface area contributed by atoms with Gasteiger partial charge in [0.1, 0.15) is 0 Å². The molecule has 1 heterocycles. The lowest BCUT2D eigenvalue weighted by atomic mass is 10.1. The number of nitrogens with one attached hydrogen (secondary N) is 1. The second-order valence-electron chi connectivity index (χ2n) is 3.74. The summed E-state index contributed by atoms with van der Waals surface area (Å²) in [6.07, 6.45) is -5.53. The summed E-state index contributed by atoms with van der Waals surface area (Å²) < 4.78 is 36.2. The number of aromatic nitrogens is 2. The number of H-pyrrole nitrogens is 1. The third-order valence-electron chi connectivity index (χ3n) is 2.37. The molecule has 0 radical (unpaired) electrons. The van der Waals surface area contributed by atoms with Crippen LogP contribution >= 0.6 is 0 Å². The van der Waals surface area contributed by atoms with E-state index >= 15 is 0 Å². The minimum absolute atomic E-state index is 0.149. The molecule has 94 valence electrons. The molecule has 1 aromatic heterocycles. The number of rotatable bonds is 3. The first kappa shape index (κ1) is 12.3. The molecular weight excluding hydrogens is 245 g/mol. The van der Waals surface area contributed by atoms with Crippen LogP contribution in [0.5, 0.6) is 0 Å². The third kappa shape index (κ3) is 2.77. The van der Waals surface area contributed by atoms with Crippen LogP contribution < -0.4 is 0 Å². The van der Waals surface area contributed by atoms with Crippen molar-refractivity contribution < 1.29 is 18.0 Å². The van der Waals surface area contributed by atoms with E-state index in [-0.39, 0.29) is 5.69 Å². The van der Waals surface area contributed by atoms with Crippen molar-refractivity contribution in [3.8, 4) is 11.3 Å². The molecule has 0 saturated heterocycles. The maximum atomic E-state index is 12.1. The second kappa shape index (κ2) is 4.64. The molecule has 0 fully saturated rings. The molecule has 0 bridgehead atoms. The fourth-order valence-corrected chi connectivity index (χ4v) is 1.48. The van der Waals surface area contributed by atoms with Crippen LogP contribution in [0.15, 0.2) is 36.4 Å². The first-order valence-corrected chi connectivity index (χ1v) is 5.16. The molecule has 2 rings (SSSR count). The Labute approximate surface area is 101 Å². The van der Waals surface area contributed by atoms with E-state index in [0.29, 0.717) is 5.69 Å². The van der Waals surface area contributed by atoms with Crippen molar-refractivity contribution in [3.05, 3.63) is 42.1 Å². The first-order valence-electron chi connectivity index (χ1n) is 5.16. The highest BCUT2D eigenvalue weighted by atomic mass is 19.4. The molecular formula is C12H9F3N2O. The summed E-state index contributed by atoms with van der Waals surface area (Å²) >= 11 is 0. The highest BCUT2D eigenvalue weighted by Crippen LogP contribution is 2.21. The van der Waals surface area contributed by atoms with E-state index < -0.39 is 18.4 Å². The van der Waals surface area contributed by atoms with Gasteiger partial charge < -0.3 is 0 Å². The average Bonchev–Trinajstić information content (AvgIpc) is 2.77. The monoisotopic (exact) mass is 254 g/mol. The van der Waals surface area contributed by atoms with E-state index in [9.17, 15) is 18.0 Å². The predicted octanol–water partition coefficient (Wildman–Crippen LogP) is 2.75. The van der Waals surface area contributed by atoms with Gasteiger partial charge in [0.25, 0.3) is 0 Å². The molecule has 2 aromatic rings. The smallest absolute Gasteiger partial charge is 0.289 e. The molecule has 0 amide bonds. The van der Waals surface area contributed by atoms with Gasteiger partial charge in [-0.3, -0.25) is 9.89 Å². The summed E-state index contributed by atoms with van der Waals surface area (Å²) in [5.41, 5.74) is 1.44. The number of carbonyl (C=O) groups excluding carboxylic acids is 1. The predicted molar refractivity (Wildman–Crippen MR) is 58.8 cm³/mol. The lowest BCUT2D eigenvalue weighted by Crippen LogP contribution is -2.24. The van der Waals surface area contributed by atoms with Crippen LogP contribution in [-0.4, -0.2) is 22.2 Å². The van der Waals surface area contributed by atoms with Crippen LogP contribution in [0.25, 0.3) is 11.3 Å². The molecule has 0 aliphatic rings. The summed E-state index contributed by atoms with van der Waals surface area (Å²) in [5.74, 6) is -1.79. The summed E-state index contributed by atoms with van der Waals surface area (Å²) in [4.78, 5) is 10.8. The van der Waals surface area contributed by atoms with Gasteiger partial charge in [-0.15, -0.1) is 0 Å². The van der Waals surface area contributed by atoms with Crippen molar-refractivity contribution in [3.63, 3.8) is 0 Å². The number of alkyl halides is 3. The van der Waals surface area contributed by atoms with Gasteiger partial charge in [-0.25, -0.2) is 0 Å². The lowest BCUT2D eigenvalue weighted by molar-refractivity contribution is -0.170. The van der Waals surface area contributed by atoms with Crippen molar-refractivity contribution >= 4 is 5.78 Å². The zero-order chi connectivity index (χ0) is 13.2. The van der Waals surface area contributed by atoms with Gasteiger partial charge in [0.15, 0.2) is 0 Å². The summed E-state index contributed by atoms with van der Waals surface area (Å²) in [5, 5.41) is 6.31. The minimum atomic E-state index is -4.81. The maximum absolute atomic E-state index is 12.1. The Morgan fingerprint density at radius 2 is 1.89 bits per heavy atom. The normalized spacial score (nSPS) is 11.5. The van der Waals surface area contributed by atoms with Gasteiger partial charge in [-0.05, 0) is 6.07 Å². The number of nitrogens with zero attached hydrogens (tertiary/aromatic N) is 1. The van der Waals surface area contributed by atoms with Crippen LogP contribution in [0.4, 0.5) is 13.2 Å². The molecule has 0 aliphatic heterocycles. The Morgan fingerprint density at radius 3 is 2.50 bits per heavy atom. The molecule has 0 saturated carbocycles. The minimum Gasteiger partial charge on any atom is -0.289 e. The van der Waals surface area contributed by atoms with Crippen molar-refractivity contribution in [2.75, 3.05) is 0 Å². The van der Waals surface area contributed by atoms with E-state index in [1.165, 1.54) is 6.07 Å². The Hall–Kier alpha value is -2.11. The number of hydrogen-bond donors (Lipinski definition) is 1. The van der Waals surface area contributed by atoms with Crippen LogP contribution in [0.2, 0.25) is 0 Å². The van der Waals surface area contributed by atoms with Crippen molar-refractivity contribution in [2.45, 2.75) is 12.6 Å². The molecule has 0 aliphatic carbocycles. The standard InChI is InChI=1S/C12H9F3N2O/c13-12(14,15)11(18)7-9-6-10(17-16-9)8-4-2-1-3-5-8/h1-6H,7H2,(H,16,17). The van der Waals surface area contributed by atoms with E-state index in [1.807, 2.05) is 6.07 Å².